The van der Waals surface area contributed by atoms with Crippen LogP contribution in [0.15, 0.2) is 18.2 Å². The zero-order chi connectivity index (χ0) is 14.6. The van der Waals surface area contributed by atoms with Crippen LogP contribution in [0.2, 0.25) is 5.02 Å². The lowest BCUT2D eigenvalue weighted by Gasteiger charge is -2.35. The molecule has 2 nitrogen and oxygen atoms in total. The van der Waals surface area contributed by atoms with E-state index in [2.05, 4.69) is 26.1 Å². The Morgan fingerprint density at radius 3 is 2.65 bits per heavy atom. The van der Waals surface area contributed by atoms with Crippen LogP contribution in [-0.2, 0) is 0 Å². The molecule has 1 fully saturated rings. The van der Waals surface area contributed by atoms with Crippen LogP contribution in [0.1, 0.15) is 52.9 Å². The zero-order valence-corrected chi connectivity index (χ0v) is 13.6. The largest absolute Gasteiger partial charge is 0.491 e. The van der Waals surface area contributed by atoms with E-state index in [-0.39, 0.29) is 0 Å². The summed E-state index contributed by atoms with van der Waals surface area (Å²) in [7, 11) is 0. The lowest BCUT2D eigenvalue weighted by Crippen LogP contribution is -2.30. The van der Waals surface area contributed by atoms with Gasteiger partial charge in [-0.05, 0) is 55.7 Å². The predicted molar refractivity (Wildman–Crippen MR) is 86.9 cm³/mol. The fourth-order valence-corrected chi connectivity index (χ4v) is 2.89. The molecule has 0 amide bonds. The number of anilines is 1. The van der Waals surface area contributed by atoms with Gasteiger partial charge in [-0.2, -0.15) is 0 Å². The summed E-state index contributed by atoms with van der Waals surface area (Å²) in [5, 5.41) is 4.38. The number of halogens is 1. The molecule has 0 bridgehead atoms. The van der Waals surface area contributed by atoms with Crippen LogP contribution in [0.3, 0.4) is 0 Å². The molecule has 0 spiro atoms. The monoisotopic (exact) mass is 295 g/mol. The molecule has 3 heteroatoms. The van der Waals surface area contributed by atoms with Gasteiger partial charge in [-0.25, -0.2) is 0 Å². The molecule has 1 N–H and O–H groups in total. The summed E-state index contributed by atoms with van der Waals surface area (Å²) < 4.78 is 5.80. The maximum atomic E-state index is 6.12. The van der Waals surface area contributed by atoms with Crippen molar-refractivity contribution in [2.24, 2.45) is 5.41 Å². The molecule has 0 saturated heterocycles. The van der Waals surface area contributed by atoms with Crippen LogP contribution in [0, 0.1) is 5.41 Å². The third kappa shape index (κ3) is 4.31. The van der Waals surface area contributed by atoms with E-state index < -0.39 is 0 Å². The van der Waals surface area contributed by atoms with Crippen LogP contribution in [0.25, 0.3) is 0 Å². The maximum absolute atomic E-state index is 6.12. The average Bonchev–Trinajstić information content (AvgIpc) is 2.40. The third-order valence-corrected chi connectivity index (χ3v) is 4.34. The number of hydrogen-bond donors (Lipinski definition) is 1. The number of ether oxygens (including phenoxy) is 1. The van der Waals surface area contributed by atoms with Gasteiger partial charge in [0, 0.05) is 11.1 Å². The molecule has 2 rings (SSSR count). The Morgan fingerprint density at radius 2 is 2.00 bits per heavy atom. The molecule has 0 atom stereocenters. The first kappa shape index (κ1) is 15.5. The predicted octanol–water partition coefficient (Wildman–Crippen LogP) is 5.51. The van der Waals surface area contributed by atoms with E-state index in [1.54, 1.807) is 0 Å². The maximum Gasteiger partial charge on any atom is 0.142 e. The SMILES string of the molecule is CCCOc1ccc(Cl)cc1NC1CCC(C)(C)CC1. The lowest BCUT2D eigenvalue weighted by molar-refractivity contribution is 0.232. The van der Waals surface area contributed by atoms with Gasteiger partial charge in [0.1, 0.15) is 5.75 Å². The Bertz CT molecular complexity index is 435. The standard InChI is InChI=1S/C17H26ClNO/c1-4-11-20-16-6-5-13(18)12-15(16)19-14-7-9-17(2,3)10-8-14/h5-6,12,14,19H,4,7-11H2,1-3H3. The highest BCUT2D eigenvalue weighted by Crippen LogP contribution is 2.37. The van der Waals surface area contributed by atoms with Crippen molar-refractivity contribution in [1.82, 2.24) is 0 Å². The molecule has 1 aromatic carbocycles. The summed E-state index contributed by atoms with van der Waals surface area (Å²) in [6, 6.07) is 6.37. The van der Waals surface area contributed by atoms with E-state index >= 15 is 0 Å². The van der Waals surface area contributed by atoms with Gasteiger partial charge in [0.25, 0.3) is 0 Å². The summed E-state index contributed by atoms with van der Waals surface area (Å²) in [6.07, 6.45) is 5.99. The summed E-state index contributed by atoms with van der Waals surface area (Å²) in [5.41, 5.74) is 1.53. The smallest absolute Gasteiger partial charge is 0.142 e. The summed E-state index contributed by atoms with van der Waals surface area (Å²) in [6.45, 7) is 7.58. The summed E-state index contributed by atoms with van der Waals surface area (Å²) >= 11 is 6.12. The quantitative estimate of drug-likeness (QED) is 0.773. The van der Waals surface area contributed by atoms with Gasteiger partial charge in [-0.3, -0.25) is 0 Å². The highest BCUT2D eigenvalue weighted by Gasteiger charge is 2.27. The van der Waals surface area contributed by atoms with Gasteiger partial charge >= 0.3 is 0 Å². The molecule has 20 heavy (non-hydrogen) atoms. The van der Waals surface area contributed by atoms with Gasteiger partial charge in [0.05, 0.1) is 12.3 Å². The van der Waals surface area contributed by atoms with Gasteiger partial charge < -0.3 is 10.1 Å². The van der Waals surface area contributed by atoms with Crippen molar-refractivity contribution >= 4 is 17.3 Å². The third-order valence-electron chi connectivity index (χ3n) is 4.10. The Morgan fingerprint density at radius 1 is 1.30 bits per heavy atom. The zero-order valence-electron chi connectivity index (χ0n) is 12.8. The molecule has 0 heterocycles. The number of hydrogen-bond acceptors (Lipinski definition) is 2. The Labute approximate surface area is 127 Å². The molecule has 1 aliphatic rings. The second kappa shape index (κ2) is 6.71. The fourth-order valence-electron chi connectivity index (χ4n) is 2.72. The first-order chi connectivity index (χ1) is 9.50. The lowest BCUT2D eigenvalue weighted by atomic mass is 9.75. The molecule has 0 radical (unpaired) electrons. The van der Waals surface area contributed by atoms with Gasteiger partial charge in [0.2, 0.25) is 0 Å². The van der Waals surface area contributed by atoms with E-state index in [1.807, 2.05) is 18.2 Å². The average molecular weight is 296 g/mol. The van der Waals surface area contributed by atoms with Crippen molar-refractivity contribution in [2.75, 3.05) is 11.9 Å². The number of benzene rings is 1. The molecule has 112 valence electrons. The molecule has 0 aromatic heterocycles. The van der Waals surface area contributed by atoms with E-state index in [1.165, 1.54) is 25.7 Å². The first-order valence-electron chi connectivity index (χ1n) is 7.69. The molecular weight excluding hydrogens is 270 g/mol. The van der Waals surface area contributed by atoms with Gasteiger partial charge in [-0.15, -0.1) is 0 Å². The van der Waals surface area contributed by atoms with Crippen molar-refractivity contribution in [1.29, 1.82) is 0 Å². The number of nitrogens with one attached hydrogen (secondary N) is 1. The molecule has 0 aliphatic heterocycles. The first-order valence-corrected chi connectivity index (χ1v) is 8.07. The van der Waals surface area contributed by atoms with Crippen LogP contribution in [0.4, 0.5) is 5.69 Å². The second-order valence-electron chi connectivity index (χ2n) is 6.57. The van der Waals surface area contributed by atoms with Crippen LogP contribution in [0.5, 0.6) is 5.75 Å². The van der Waals surface area contributed by atoms with Crippen molar-refractivity contribution in [2.45, 2.75) is 58.9 Å². The molecular formula is C17H26ClNO. The van der Waals surface area contributed by atoms with E-state index in [0.717, 1.165) is 29.5 Å². The minimum absolute atomic E-state index is 0.494. The Kier molecular flexibility index (Phi) is 5.20. The second-order valence-corrected chi connectivity index (χ2v) is 7.01. The topological polar surface area (TPSA) is 21.3 Å². The van der Waals surface area contributed by atoms with Crippen LogP contribution >= 0.6 is 11.6 Å². The minimum Gasteiger partial charge on any atom is -0.491 e. The van der Waals surface area contributed by atoms with Gasteiger partial charge in [-0.1, -0.05) is 32.4 Å². The summed E-state index contributed by atoms with van der Waals surface area (Å²) in [4.78, 5) is 0. The van der Waals surface area contributed by atoms with Crippen molar-refractivity contribution < 1.29 is 4.74 Å². The van der Waals surface area contributed by atoms with Gasteiger partial charge in [0.15, 0.2) is 0 Å². The normalized spacial score (nSPS) is 18.8. The van der Waals surface area contributed by atoms with E-state index in [0.29, 0.717) is 11.5 Å². The molecule has 1 aliphatic carbocycles. The molecule has 1 aromatic rings. The Balaban J connectivity index is 2.02. The molecule has 1 saturated carbocycles. The van der Waals surface area contributed by atoms with E-state index in [9.17, 15) is 0 Å². The highest BCUT2D eigenvalue weighted by molar-refractivity contribution is 6.30. The molecule has 0 unspecified atom stereocenters. The van der Waals surface area contributed by atoms with Crippen molar-refractivity contribution in [3.05, 3.63) is 23.2 Å². The van der Waals surface area contributed by atoms with Crippen LogP contribution < -0.4 is 10.1 Å². The van der Waals surface area contributed by atoms with E-state index in [4.69, 9.17) is 16.3 Å². The van der Waals surface area contributed by atoms with Crippen molar-refractivity contribution in [3.63, 3.8) is 0 Å². The van der Waals surface area contributed by atoms with Crippen LogP contribution in [-0.4, -0.2) is 12.6 Å². The Hall–Kier alpha value is -0.890. The number of rotatable bonds is 5. The fraction of sp³-hybridized carbons (Fsp3) is 0.647. The van der Waals surface area contributed by atoms with Crippen molar-refractivity contribution in [3.8, 4) is 5.75 Å². The summed E-state index contributed by atoms with van der Waals surface area (Å²) in [5.74, 6) is 0.918. The minimum atomic E-state index is 0.494. The highest BCUT2D eigenvalue weighted by atomic mass is 35.5.